The number of aryl methyl sites for hydroxylation is 1. The SMILES string of the molecule is Cc1ccc(N2C(=O)CCC(C(=O)NCc3cccnc3-n3cncn3)C2c2cccs2)cc1. The Kier molecular flexibility index (Phi) is 6.18. The summed E-state index contributed by atoms with van der Waals surface area (Å²) in [5.41, 5.74) is 2.76. The van der Waals surface area contributed by atoms with E-state index < -0.39 is 0 Å². The molecule has 0 bridgehead atoms. The molecule has 0 saturated carbocycles. The minimum absolute atomic E-state index is 0.0343. The Bertz CT molecular complexity index is 1270. The molecule has 3 aromatic heterocycles. The third kappa shape index (κ3) is 4.34. The number of nitrogens with one attached hydrogen (secondary N) is 1. The zero-order valence-corrected chi connectivity index (χ0v) is 19.5. The van der Waals surface area contributed by atoms with Gasteiger partial charge >= 0.3 is 0 Å². The topological polar surface area (TPSA) is 93.0 Å². The number of anilines is 1. The molecule has 0 spiro atoms. The van der Waals surface area contributed by atoms with Crippen LogP contribution in [0.3, 0.4) is 0 Å². The fourth-order valence-electron chi connectivity index (χ4n) is 4.37. The molecule has 34 heavy (non-hydrogen) atoms. The quantitative estimate of drug-likeness (QED) is 0.460. The van der Waals surface area contributed by atoms with Crippen LogP contribution in [-0.4, -0.2) is 31.6 Å². The average molecular weight is 473 g/mol. The fraction of sp³-hybridized carbons (Fsp3) is 0.240. The highest BCUT2D eigenvalue weighted by Gasteiger charge is 2.41. The van der Waals surface area contributed by atoms with Crippen LogP contribution in [0.5, 0.6) is 0 Å². The van der Waals surface area contributed by atoms with Crippen molar-refractivity contribution in [2.75, 3.05) is 4.90 Å². The number of piperidine rings is 1. The van der Waals surface area contributed by atoms with Crippen LogP contribution in [0.2, 0.25) is 0 Å². The summed E-state index contributed by atoms with van der Waals surface area (Å²) in [5.74, 6) is 0.197. The molecular formula is C25H24N6O2S. The summed E-state index contributed by atoms with van der Waals surface area (Å²) in [5, 5.41) is 9.22. The number of carbonyl (C=O) groups excluding carboxylic acids is 2. The molecule has 1 fully saturated rings. The van der Waals surface area contributed by atoms with Crippen LogP contribution < -0.4 is 10.2 Å². The minimum Gasteiger partial charge on any atom is -0.352 e. The summed E-state index contributed by atoms with van der Waals surface area (Å²) in [4.78, 5) is 37.8. The number of carbonyl (C=O) groups is 2. The monoisotopic (exact) mass is 472 g/mol. The lowest BCUT2D eigenvalue weighted by Gasteiger charge is -2.40. The lowest BCUT2D eigenvalue weighted by Crippen LogP contribution is -2.48. The molecule has 2 atom stereocenters. The summed E-state index contributed by atoms with van der Waals surface area (Å²) in [7, 11) is 0. The Hall–Kier alpha value is -3.85. The number of nitrogens with zero attached hydrogens (tertiary/aromatic N) is 5. The van der Waals surface area contributed by atoms with E-state index in [1.807, 2.05) is 60.8 Å². The Morgan fingerprint density at radius 3 is 2.76 bits per heavy atom. The van der Waals surface area contributed by atoms with Crippen molar-refractivity contribution >= 4 is 28.8 Å². The van der Waals surface area contributed by atoms with Crippen LogP contribution in [0, 0.1) is 12.8 Å². The van der Waals surface area contributed by atoms with Crippen LogP contribution in [0.1, 0.15) is 34.9 Å². The number of thiophene rings is 1. The van der Waals surface area contributed by atoms with Gasteiger partial charge in [-0.15, -0.1) is 11.3 Å². The average Bonchev–Trinajstić information content (AvgIpc) is 3.58. The predicted molar refractivity (Wildman–Crippen MR) is 129 cm³/mol. The van der Waals surface area contributed by atoms with Crippen molar-refractivity contribution < 1.29 is 9.59 Å². The summed E-state index contributed by atoms with van der Waals surface area (Å²) < 4.78 is 1.58. The van der Waals surface area contributed by atoms with Crippen LogP contribution in [-0.2, 0) is 16.1 Å². The molecule has 9 heteroatoms. The Morgan fingerprint density at radius 1 is 1.18 bits per heavy atom. The van der Waals surface area contributed by atoms with E-state index in [0.29, 0.717) is 25.2 Å². The van der Waals surface area contributed by atoms with Crippen molar-refractivity contribution in [3.63, 3.8) is 0 Å². The van der Waals surface area contributed by atoms with E-state index in [9.17, 15) is 9.59 Å². The highest BCUT2D eigenvalue weighted by molar-refractivity contribution is 7.10. The third-order valence-corrected chi connectivity index (χ3v) is 6.98. The molecule has 4 heterocycles. The molecule has 1 N–H and O–H groups in total. The van der Waals surface area contributed by atoms with Gasteiger partial charge in [0.1, 0.15) is 12.7 Å². The van der Waals surface area contributed by atoms with Crippen LogP contribution in [0.4, 0.5) is 5.69 Å². The summed E-state index contributed by atoms with van der Waals surface area (Å²) >= 11 is 1.57. The second-order valence-corrected chi connectivity index (χ2v) is 9.23. The van der Waals surface area contributed by atoms with E-state index in [1.165, 1.54) is 6.33 Å². The maximum absolute atomic E-state index is 13.5. The molecule has 5 rings (SSSR count). The Balaban J connectivity index is 1.41. The van der Waals surface area contributed by atoms with Gasteiger partial charge in [0.2, 0.25) is 11.8 Å². The van der Waals surface area contributed by atoms with Crippen molar-refractivity contribution in [1.29, 1.82) is 0 Å². The van der Waals surface area contributed by atoms with E-state index >= 15 is 0 Å². The highest BCUT2D eigenvalue weighted by Crippen LogP contribution is 2.41. The van der Waals surface area contributed by atoms with Crippen molar-refractivity contribution in [3.05, 3.63) is 88.8 Å². The molecule has 0 aliphatic carbocycles. The molecule has 8 nitrogen and oxygen atoms in total. The van der Waals surface area contributed by atoms with Crippen molar-refractivity contribution in [3.8, 4) is 5.82 Å². The number of benzene rings is 1. The summed E-state index contributed by atoms with van der Waals surface area (Å²) in [6.45, 7) is 2.31. The zero-order valence-electron chi connectivity index (χ0n) is 18.7. The number of hydrogen-bond acceptors (Lipinski definition) is 6. The van der Waals surface area contributed by atoms with Gasteiger partial charge < -0.3 is 10.2 Å². The molecule has 1 aliphatic heterocycles. The first-order valence-electron chi connectivity index (χ1n) is 11.1. The Labute approximate surface area is 201 Å². The van der Waals surface area contributed by atoms with E-state index in [1.54, 1.807) is 33.4 Å². The lowest BCUT2D eigenvalue weighted by molar-refractivity contribution is -0.129. The lowest BCUT2D eigenvalue weighted by atomic mass is 9.86. The van der Waals surface area contributed by atoms with Gasteiger partial charge in [0, 0.05) is 35.3 Å². The van der Waals surface area contributed by atoms with E-state index in [2.05, 4.69) is 20.4 Å². The van der Waals surface area contributed by atoms with Gasteiger partial charge in [-0.25, -0.2) is 14.6 Å². The van der Waals surface area contributed by atoms with Crippen molar-refractivity contribution in [2.45, 2.75) is 32.4 Å². The number of pyridine rings is 1. The molecule has 4 aromatic rings. The van der Waals surface area contributed by atoms with Gasteiger partial charge in [0.05, 0.1) is 12.0 Å². The van der Waals surface area contributed by atoms with Gasteiger partial charge in [0.25, 0.3) is 0 Å². The second-order valence-electron chi connectivity index (χ2n) is 8.25. The fourth-order valence-corrected chi connectivity index (χ4v) is 5.25. The number of hydrogen-bond donors (Lipinski definition) is 1. The molecule has 1 aromatic carbocycles. The first-order valence-corrected chi connectivity index (χ1v) is 12.0. The molecule has 1 saturated heterocycles. The van der Waals surface area contributed by atoms with Gasteiger partial charge in [-0.05, 0) is 43.0 Å². The standard InChI is InChI=1S/C25H24N6O2S/c1-17-6-8-19(9-7-17)31-22(32)11-10-20(23(31)21-5-3-13-34-21)25(33)28-14-18-4-2-12-27-24(18)30-16-26-15-29-30/h2-9,12-13,15-16,20,23H,10-11,14H2,1H3,(H,28,33). The summed E-state index contributed by atoms with van der Waals surface area (Å²) in [6, 6.07) is 15.2. The molecule has 0 radical (unpaired) electrons. The van der Waals surface area contributed by atoms with Gasteiger partial charge in [-0.1, -0.05) is 29.8 Å². The number of aromatic nitrogens is 4. The molecular weight excluding hydrogens is 448 g/mol. The van der Waals surface area contributed by atoms with Crippen molar-refractivity contribution in [2.24, 2.45) is 5.92 Å². The molecule has 2 amide bonds. The molecule has 2 unspecified atom stereocenters. The number of rotatable bonds is 6. The van der Waals surface area contributed by atoms with Crippen LogP contribution >= 0.6 is 11.3 Å². The second kappa shape index (κ2) is 9.56. The summed E-state index contributed by atoms with van der Waals surface area (Å²) in [6.07, 6.45) is 5.53. The minimum atomic E-state index is -0.371. The molecule has 1 aliphatic rings. The highest BCUT2D eigenvalue weighted by atomic mass is 32.1. The predicted octanol–water partition coefficient (Wildman–Crippen LogP) is 3.83. The van der Waals surface area contributed by atoms with E-state index in [0.717, 1.165) is 21.7 Å². The van der Waals surface area contributed by atoms with Gasteiger partial charge in [-0.3, -0.25) is 9.59 Å². The first kappa shape index (κ1) is 22.0. The normalized spacial score (nSPS) is 18.1. The number of amides is 2. The molecule has 172 valence electrons. The van der Waals surface area contributed by atoms with Crippen LogP contribution in [0.25, 0.3) is 5.82 Å². The van der Waals surface area contributed by atoms with Gasteiger partial charge in [-0.2, -0.15) is 5.10 Å². The first-order chi connectivity index (χ1) is 16.6. The van der Waals surface area contributed by atoms with Gasteiger partial charge in [0.15, 0.2) is 5.82 Å². The third-order valence-electron chi connectivity index (χ3n) is 6.04. The van der Waals surface area contributed by atoms with Crippen LogP contribution in [0.15, 0.2) is 72.8 Å². The maximum atomic E-state index is 13.5. The maximum Gasteiger partial charge on any atom is 0.227 e. The Morgan fingerprint density at radius 2 is 2.03 bits per heavy atom. The largest absolute Gasteiger partial charge is 0.352 e. The van der Waals surface area contributed by atoms with E-state index in [4.69, 9.17) is 0 Å². The van der Waals surface area contributed by atoms with Crippen molar-refractivity contribution in [1.82, 2.24) is 25.1 Å². The smallest absolute Gasteiger partial charge is 0.227 e. The van der Waals surface area contributed by atoms with E-state index in [-0.39, 0.29) is 23.8 Å². The zero-order chi connectivity index (χ0) is 23.5.